The number of nitrogens with zero attached hydrogens (tertiary/aromatic N) is 1. The van der Waals surface area contributed by atoms with E-state index in [0.29, 0.717) is 124 Å². The second-order valence-electron chi connectivity index (χ2n) is 9.91. The number of hydrazine groups is 1. The second kappa shape index (κ2) is 30.8. The number of carboxylic acid groups (broad SMARTS) is 1. The van der Waals surface area contributed by atoms with Crippen molar-refractivity contribution in [1.82, 2.24) is 5.01 Å². The van der Waals surface area contributed by atoms with Crippen LogP contribution in [0.2, 0.25) is 0 Å². The summed E-state index contributed by atoms with van der Waals surface area (Å²) in [6.45, 7) is 8.03. The third-order valence-corrected chi connectivity index (χ3v) is 6.13. The molecule has 0 saturated heterocycles. The van der Waals surface area contributed by atoms with Gasteiger partial charge in [-0.1, -0.05) is 17.9 Å². The van der Waals surface area contributed by atoms with Gasteiger partial charge in [0, 0.05) is 18.9 Å². The maximum atomic E-state index is 10.3. The van der Waals surface area contributed by atoms with Crippen LogP contribution in [0.15, 0.2) is 30.1 Å². The molecule has 0 amide bonds. The van der Waals surface area contributed by atoms with Crippen LogP contribution in [0.3, 0.4) is 0 Å². The Bertz CT molecular complexity index is 933. The molecule has 0 bridgehead atoms. The van der Waals surface area contributed by atoms with Crippen molar-refractivity contribution in [3.05, 3.63) is 41.2 Å². The van der Waals surface area contributed by atoms with Crippen molar-refractivity contribution >= 4 is 19.5 Å². The molecule has 0 aliphatic carbocycles. The quantitative estimate of drug-likeness (QED) is 0.0343. The number of hydrogen-bond acceptors (Lipinski definition) is 14. The molecule has 1 aromatic carbocycles. The van der Waals surface area contributed by atoms with Crippen LogP contribution in [0.5, 0.6) is 0 Å². The standard InChI is InChI=1S/C31H55BN4O11/c1-35-30-3-2-27(23-32)28(22-30)25-47-26-29(33)24-36(34)5-7-40-9-11-42-13-15-44-17-19-46-21-20-45-18-16-43-14-12-41-10-8-39-6-4-31(37)38/h2-3,22,24,35H,4-21,23,25-26,33-34H2,1H3,(H,37,38)/b29-24-. The van der Waals surface area contributed by atoms with Crippen molar-refractivity contribution in [1.29, 1.82) is 0 Å². The summed E-state index contributed by atoms with van der Waals surface area (Å²) in [7, 11) is 7.68. The number of nitrogens with two attached hydrogens (primary N) is 2. The number of carbonyl (C=O) groups is 1. The Balaban J connectivity index is 1.82. The van der Waals surface area contributed by atoms with E-state index in [9.17, 15) is 4.79 Å². The van der Waals surface area contributed by atoms with Crippen LogP contribution >= 0.6 is 0 Å². The molecule has 0 spiro atoms. The smallest absolute Gasteiger partial charge is 0.305 e. The lowest BCUT2D eigenvalue weighted by molar-refractivity contribution is -0.138. The lowest BCUT2D eigenvalue weighted by Crippen LogP contribution is -2.31. The van der Waals surface area contributed by atoms with E-state index in [4.69, 9.17) is 67.2 Å². The molecule has 16 heteroatoms. The highest BCUT2D eigenvalue weighted by Gasteiger charge is 2.04. The average molecular weight is 671 g/mol. The molecule has 0 aromatic heterocycles. The molecular formula is C31H55BN4O11. The molecule has 0 atom stereocenters. The number of nitrogens with one attached hydrogen (secondary N) is 1. The molecule has 6 N–H and O–H groups in total. The Morgan fingerprint density at radius 2 is 1.19 bits per heavy atom. The maximum Gasteiger partial charge on any atom is 0.305 e. The first kappa shape index (κ1) is 42.5. The fraction of sp³-hybridized carbons (Fsp3) is 0.710. The Morgan fingerprint density at radius 3 is 1.62 bits per heavy atom. The Hall–Kier alpha value is -2.51. The van der Waals surface area contributed by atoms with E-state index in [2.05, 4.69) is 5.32 Å². The number of rotatable bonds is 34. The summed E-state index contributed by atoms with van der Waals surface area (Å²) in [6.07, 6.45) is 2.07. The maximum absolute atomic E-state index is 10.3. The van der Waals surface area contributed by atoms with Crippen LogP contribution in [0, 0.1) is 0 Å². The lowest BCUT2D eigenvalue weighted by atomic mass is 9.93. The van der Waals surface area contributed by atoms with Gasteiger partial charge < -0.3 is 63.8 Å². The van der Waals surface area contributed by atoms with Crippen molar-refractivity contribution in [3.63, 3.8) is 0 Å². The highest BCUT2D eigenvalue weighted by atomic mass is 16.6. The van der Waals surface area contributed by atoms with Gasteiger partial charge in [0.1, 0.15) is 0 Å². The number of ether oxygens (including phenoxy) is 9. The summed E-state index contributed by atoms with van der Waals surface area (Å²) < 4.78 is 49.0. The minimum Gasteiger partial charge on any atom is -0.481 e. The lowest BCUT2D eigenvalue weighted by Gasteiger charge is -2.16. The third-order valence-electron chi connectivity index (χ3n) is 6.13. The summed E-state index contributed by atoms with van der Waals surface area (Å²) >= 11 is 0. The monoisotopic (exact) mass is 670 g/mol. The largest absolute Gasteiger partial charge is 0.481 e. The molecular weight excluding hydrogens is 615 g/mol. The van der Waals surface area contributed by atoms with E-state index < -0.39 is 5.97 Å². The van der Waals surface area contributed by atoms with Crippen molar-refractivity contribution in [2.45, 2.75) is 19.3 Å². The minimum atomic E-state index is -0.878. The summed E-state index contributed by atoms with van der Waals surface area (Å²) in [5, 5.41) is 13.1. The number of carboxylic acids is 1. The van der Waals surface area contributed by atoms with Crippen LogP contribution in [0.1, 0.15) is 17.5 Å². The van der Waals surface area contributed by atoms with E-state index >= 15 is 0 Å². The van der Waals surface area contributed by atoms with Crippen LogP contribution in [0.4, 0.5) is 5.69 Å². The van der Waals surface area contributed by atoms with Crippen molar-refractivity contribution in [2.75, 3.05) is 131 Å². The van der Waals surface area contributed by atoms with E-state index in [0.717, 1.165) is 16.8 Å². The summed E-state index contributed by atoms with van der Waals surface area (Å²) in [5.41, 5.74) is 9.58. The Labute approximate surface area is 280 Å². The molecule has 1 rings (SSSR count). The number of aliphatic carboxylic acids is 1. The second-order valence-corrected chi connectivity index (χ2v) is 9.91. The first-order valence-corrected chi connectivity index (χ1v) is 15.8. The summed E-state index contributed by atoms with van der Waals surface area (Å²) in [4.78, 5) is 10.3. The fourth-order valence-corrected chi connectivity index (χ4v) is 3.68. The van der Waals surface area contributed by atoms with Gasteiger partial charge in [-0.3, -0.25) is 4.79 Å². The normalized spacial score (nSPS) is 11.7. The van der Waals surface area contributed by atoms with Gasteiger partial charge in [0.15, 0.2) is 0 Å². The number of benzene rings is 1. The first-order valence-electron chi connectivity index (χ1n) is 15.8. The third kappa shape index (κ3) is 26.2. The molecule has 1 aromatic rings. The van der Waals surface area contributed by atoms with Gasteiger partial charge in [-0.25, -0.2) is 5.84 Å². The van der Waals surface area contributed by atoms with E-state index in [-0.39, 0.29) is 19.6 Å². The van der Waals surface area contributed by atoms with Crippen LogP contribution < -0.4 is 16.9 Å². The molecule has 0 saturated carbocycles. The van der Waals surface area contributed by atoms with Gasteiger partial charge in [0.2, 0.25) is 0 Å². The molecule has 268 valence electrons. The van der Waals surface area contributed by atoms with Gasteiger partial charge >= 0.3 is 5.97 Å². The van der Waals surface area contributed by atoms with E-state index in [1.807, 2.05) is 25.2 Å². The molecule has 0 aliphatic rings. The summed E-state index contributed by atoms with van der Waals surface area (Å²) in [5.74, 6) is 5.10. The molecule has 2 radical (unpaired) electrons. The molecule has 0 aliphatic heterocycles. The predicted octanol–water partition coefficient (Wildman–Crippen LogP) is 0.497. The highest BCUT2D eigenvalue weighted by molar-refractivity contribution is 6.08. The van der Waals surface area contributed by atoms with Gasteiger partial charge in [0.05, 0.1) is 145 Å². The van der Waals surface area contributed by atoms with Crippen LogP contribution in [-0.4, -0.2) is 150 Å². The number of anilines is 1. The van der Waals surface area contributed by atoms with Gasteiger partial charge in [-0.15, -0.1) is 0 Å². The Kier molecular flexibility index (Phi) is 27.9. The summed E-state index contributed by atoms with van der Waals surface area (Å²) in [6, 6.07) is 5.98. The molecule has 0 unspecified atom stereocenters. The Morgan fingerprint density at radius 1 is 0.745 bits per heavy atom. The fourth-order valence-electron chi connectivity index (χ4n) is 3.68. The van der Waals surface area contributed by atoms with Crippen molar-refractivity contribution < 1.29 is 52.5 Å². The number of hydrogen-bond donors (Lipinski definition) is 4. The molecule has 47 heavy (non-hydrogen) atoms. The molecule has 0 fully saturated rings. The zero-order valence-corrected chi connectivity index (χ0v) is 27.9. The zero-order chi connectivity index (χ0) is 34.2. The molecule has 15 nitrogen and oxygen atoms in total. The van der Waals surface area contributed by atoms with E-state index in [1.165, 1.54) is 5.01 Å². The highest BCUT2D eigenvalue weighted by Crippen LogP contribution is 2.17. The van der Waals surface area contributed by atoms with Gasteiger partial charge in [0.25, 0.3) is 0 Å². The van der Waals surface area contributed by atoms with Crippen molar-refractivity contribution in [2.24, 2.45) is 11.6 Å². The van der Waals surface area contributed by atoms with Crippen LogP contribution in [0.25, 0.3) is 0 Å². The first-order chi connectivity index (χ1) is 23.0. The topological polar surface area (TPSA) is 188 Å². The SMILES string of the molecule is [B]Cc1ccc(NC)cc1COC/C(N)=C/N(N)CCOCCOCCOCCOCCOCCOCCOCCOCCC(=O)O. The average Bonchev–Trinajstić information content (AvgIpc) is 3.06. The minimum absolute atomic E-state index is 0.00650. The van der Waals surface area contributed by atoms with Gasteiger partial charge in [-0.05, 0) is 17.7 Å². The molecule has 0 heterocycles. The zero-order valence-electron chi connectivity index (χ0n) is 27.9. The van der Waals surface area contributed by atoms with E-state index in [1.54, 1.807) is 6.20 Å². The van der Waals surface area contributed by atoms with Crippen molar-refractivity contribution in [3.8, 4) is 0 Å². The predicted molar refractivity (Wildman–Crippen MR) is 177 cm³/mol. The van der Waals surface area contributed by atoms with Crippen LogP contribution in [-0.2, 0) is 60.4 Å². The van der Waals surface area contributed by atoms with Gasteiger partial charge in [-0.2, -0.15) is 0 Å².